The zero-order valence-electron chi connectivity index (χ0n) is 13.8. The summed E-state index contributed by atoms with van der Waals surface area (Å²) in [5, 5.41) is 6.70. The van der Waals surface area contributed by atoms with Crippen molar-refractivity contribution in [3.63, 3.8) is 0 Å². The van der Waals surface area contributed by atoms with Gasteiger partial charge in [-0.05, 0) is 26.0 Å². The van der Waals surface area contributed by atoms with E-state index in [1.807, 2.05) is 31.2 Å². The number of amides is 1. The van der Waals surface area contributed by atoms with Crippen LogP contribution in [0, 0.1) is 6.92 Å². The lowest BCUT2D eigenvalue weighted by Crippen LogP contribution is -2.38. The maximum absolute atomic E-state index is 12.1. The average molecular weight is 330 g/mol. The van der Waals surface area contributed by atoms with Gasteiger partial charge in [-0.2, -0.15) is 4.98 Å². The quantitative estimate of drug-likeness (QED) is 0.809. The first-order chi connectivity index (χ1) is 11.7. The lowest BCUT2D eigenvalue weighted by atomic mass is 10.1. The van der Waals surface area contributed by atoms with Crippen LogP contribution in [0.25, 0.3) is 11.4 Å². The van der Waals surface area contributed by atoms with E-state index in [1.165, 1.54) is 0 Å². The van der Waals surface area contributed by atoms with Gasteiger partial charge in [-0.1, -0.05) is 28.9 Å². The van der Waals surface area contributed by atoms with Crippen LogP contribution in [0.2, 0.25) is 0 Å². The number of rotatable bonds is 6. The minimum absolute atomic E-state index is 0.00196. The third-order valence-corrected chi connectivity index (χ3v) is 3.94. The predicted molar refractivity (Wildman–Crippen MR) is 88.7 cm³/mol. The molecule has 7 heteroatoms. The first-order valence-electron chi connectivity index (χ1n) is 8.21. The van der Waals surface area contributed by atoms with Crippen LogP contribution in [0.4, 0.5) is 0 Å². The molecule has 0 spiro atoms. The molecule has 1 aromatic heterocycles. The third-order valence-electron chi connectivity index (χ3n) is 3.94. The molecule has 0 saturated carbocycles. The van der Waals surface area contributed by atoms with E-state index in [-0.39, 0.29) is 11.8 Å². The molecule has 1 amide bonds. The van der Waals surface area contributed by atoms with Crippen molar-refractivity contribution in [2.24, 2.45) is 0 Å². The molecule has 0 unspecified atom stereocenters. The SMILES string of the molecule is Cc1cccc(-c2noc(C(=O)NCCCN3CCOCC3)n2)c1. The molecule has 1 aliphatic heterocycles. The fourth-order valence-electron chi connectivity index (χ4n) is 2.62. The van der Waals surface area contributed by atoms with Crippen molar-refractivity contribution in [1.82, 2.24) is 20.4 Å². The second-order valence-electron chi connectivity index (χ2n) is 5.86. The molecule has 2 aromatic rings. The molecule has 0 bridgehead atoms. The highest BCUT2D eigenvalue weighted by atomic mass is 16.5. The normalized spacial score (nSPS) is 15.4. The second kappa shape index (κ2) is 8.03. The largest absolute Gasteiger partial charge is 0.379 e. The van der Waals surface area contributed by atoms with Gasteiger partial charge in [0.2, 0.25) is 5.82 Å². The Morgan fingerprint density at radius 2 is 2.17 bits per heavy atom. The van der Waals surface area contributed by atoms with E-state index in [0.717, 1.165) is 50.4 Å². The predicted octanol–water partition coefficient (Wildman–Crippen LogP) is 1.50. The van der Waals surface area contributed by atoms with Crippen molar-refractivity contribution in [2.45, 2.75) is 13.3 Å². The first-order valence-corrected chi connectivity index (χ1v) is 8.21. The maximum Gasteiger partial charge on any atom is 0.316 e. The number of hydrogen-bond acceptors (Lipinski definition) is 6. The van der Waals surface area contributed by atoms with Crippen molar-refractivity contribution in [3.05, 3.63) is 35.7 Å². The standard InChI is InChI=1S/C17H22N4O3/c1-13-4-2-5-14(12-13)15-19-17(24-20-15)16(22)18-6-3-7-21-8-10-23-11-9-21/h2,4-5,12H,3,6-11H2,1H3,(H,18,22). The highest BCUT2D eigenvalue weighted by Gasteiger charge is 2.16. The molecular weight excluding hydrogens is 308 g/mol. The molecule has 0 aliphatic carbocycles. The summed E-state index contributed by atoms with van der Waals surface area (Å²) >= 11 is 0. The fraction of sp³-hybridized carbons (Fsp3) is 0.471. The van der Waals surface area contributed by atoms with E-state index in [1.54, 1.807) is 0 Å². The van der Waals surface area contributed by atoms with Gasteiger partial charge < -0.3 is 14.6 Å². The van der Waals surface area contributed by atoms with E-state index in [9.17, 15) is 4.79 Å². The number of hydrogen-bond donors (Lipinski definition) is 1. The Bertz CT molecular complexity index is 680. The number of nitrogens with one attached hydrogen (secondary N) is 1. The monoisotopic (exact) mass is 330 g/mol. The maximum atomic E-state index is 12.1. The van der Waals surface area contributed by atoms with E-state index in [2.05, 4.69) is 20.4 Å². The average Bonchev–Trinajstić information content (AvgIpc) is 3.10. The summed E-state index contributed by atoms with van der Waals surface area (Å²) in [6, 6.07) is 7.76. The van der Waals surface area contributed by atoms with Crippen molar-refractivity contribution in [3.8, 4) is 11.4 Å². The summed E-state index contributed by atoms with van der Waals surface area (Å²) < 4.78 is 10.4. The van der Waals surface area contributed by atoms with Crippen LogP contribution in [-0.4, -0.2) is 60.3 Å². The Balaban J connectivity index is 1.47. The van der Waals surface area contributed by atoms with Gasteiger partial charge in [-0.25, -0.2) is 0 Å². The van der Waals surface area contributed by atoms with Gasteiger partial charge in [0.15, 0.2) is 0 Å². The van der Waals surface area contributed by atoms with Gasteiger partial charge >= 0.3 is 11.8 Å². The molecule has 128 valence electrons. The van der Waals surface area contributed by atoms with Crippen LogP contribution >= 0.6 is 0 Å². The molecule has 24 heavy (non-hydrogen) atoms. The molecule has 0 atom stereocenters. The topological polar surface area (TPSA) is 80.5 Å². The molecule has 1 aliphatic rings. The zero-order chi connectivity index (χ0) is 16.8. The third kappa shape index (κ3) is 4.39. The Morgan fingerprint density at radius 1 is 1.33 bits per heavy atom. The van der Waals surface area contributed by atoms with Gasteiger partial charge in [0.1, 0.15) is 0 Å². The van der Waals surface area contributed by atoms with Gasteiger partial charge in [-0.3, -0.25) is 9.69 Å². The van der Waals surface area contributed by atoms with Crippen LogP contribution in [-0.2, 0) is 4.74 Å². The second-order valence-corrected chi connectivity index (χ2v) is 5.86. The minimum Gasteiger partial charge on any atom is -0.379 e. The van der Waals surface area contributed by atoms with Crippen LogP contribution in [0.5, 0.6) is 0 Å². The smallest absolute Gasteiger partial charge is 0.316 e. The van der Waals surface area contributed by atoms with Crippen LogP contribution in [0.1, 0.15) is 22.7 Å². The lowest BCUT2D eigenvalue weighted by Gasteiger charge is -2.26. The number of ether oxygens (including phenoxy) is 1. The van der Waals surface area contributed by atoms with Crippen molar-refractivity contribution >= 4 is 5.91 Å². The zero-order valence-corrected chi connectivity index (χ0v) is 13.8. The number of carbonyl (C=O) groups is 1. The molecule has 3 rings (SSSR count). The summed E-state index contributed by atoms with van der Waals surface area (Å²) in [6.45, 7) is 7.01. The summed E-state index contributed by atoms with van der Waals surface area (Å²) in [7, 11) is 0. The van der Waals surface area contributed by atoms with E-state index < -0.39 is 0 Å². The van der Waals surface area contributed by atoms with E-state index >= 15 is 0 Å². The molecule has 1 fully saturated rings. The van der Waals surface area contributed by atoms with Crippen molar-refractivity contribution < 1.29 is 14.1 Å². The van der Waals surface area contributed by atoms with Crippen LogP contribution in [0.15, 0.2) is 28.8 Å². The lowest BCUT2D eigenvalue weighted by molar-refractivity contribution is 0.0374. The van der Waals surface area contributed by atoms with Crippen LogP contribution < -0.4 is 5.32 Å². The number of morpholine rings is 1. The van der Waals surface area contributed by atoms with E-state index in [4.69, 9.17) is 9.26 Å². The number of nitrogens with zero attached hydrogens (tertiary/aromatic N) is 3. The minimum atomic E-state index is -0.330. The molecule has 7 nitrogen and oxygen atoms in total. The summed E-state index contributed by atoms with van der Waals surface area (Å²) in [4.78, 5) is 18.6. The molecule has 0 radical (unpaired) electrons. The number of benzene rings is 1. The molecule has 2 heterocycles. The van der Waals surface area contributed by atoms with Crippen molar-refractivity contribution in [1.29, 1.82) is 0 Å². The summed E-state index contributed by atoms with van der Waals surface area (Å²) in [5.41, 5.74) is 1.94. The number of aromatic nitrogens is 2. The van der Waals surface area contributed by atoms with Crippen molar-refractivity contribution in [2.75, 3.05) is 39.4 Å². The highest BCUT2D eigenvalue weighted by molar-refractivity contribution is 5.89. The molecule has 1 N–H and O–H groups in total. The van der Waals surface area contributed by atoms with Gasteiger partial charge in [-0.15, -0.1) is 0 Å². The Morgan fingerprint density at radius 3 is 2.96 bits per heavy atom. The molecular formula is C17H22N4O3. The first kappa shape index (κ1) is 16.6. The van der Waals surface area contributed by atoms with Crippen LogP contribution in [0.3, 0.4) is 0 Å². The Labute approximate surface area is 141 Å². The van der Waals surface area contributed by atoms with Gasteiger partial charge in [0.25, 0.3) is 0 Å². The summed E-state index contributed by atoms with van der Waals surface area (Å²) in [6.07, 6.45) is 0.880. The summed E-state index contributed by atoms with van der Waals surface area (Å²) in [5.74, 6) is 0.0958. The number of aryl methyl sites for hydroxylation is 1. The Kier molecular flexibility index (Phi) is 5.55. The Hall–Kier alpha value is -2.25. The van der Waals surface area contributed by atoms with Gasteiger partial charge in [0, 0.05) is 25.2 Å². The fourth-order valence-corrected chi connectivity index (χ4v) is 2.62. The molecule has 1 saturated heterocycles. The van der Waals surface area contributed by atoms with E-state index in [0.29, 0.717) is 12.4 Å². The number of carbonyl (C=O) groups excluding carboxylic acids is 1. The highest BCUT2D eigenvalue weighted by Crippen LogP contribution is 2.16. The molecule has 1 aromatic carbocycles. The van der Waals surface area contributed by atoms with Gasteiger partial charge in [0.05, 0.1) is 13.2 Å².